The molecule has 0 spiro atoms. The predicted molar refractivity (Wildman–Crippen MR) is 97.6 cm³/mol. The molecule has 0 aromatic carbocycles. The molecule has 0 bridgehead atoms. The molecule has 7 nitrogen and oxygen atoms in total. The third kappa shape index (κ3) is 4.26. The van der Waals surface area contributed by atoms with Gasteiger partial charge in [-0.2, -0.15) is 0 Å². The number of carbonyl (C=O) groups is 2. The lowest BCUT2D eigenvalue weighted by Crippen LogP contribution is -2.46. The van der Waals surface area contributed by atoms with Crippen molar-refractivity contribution in [2.24, 2.45) is 5.92 Å². The Labute approximate surface area is 155 Å². The van der Waals surface area contributed by atoms with Gasteiger partial charge in [0, 0.05) is 38.3 Å². The van der Waals surface area contributed by atoms with E-state index in [9.17, 15) is 9.59 Å². The van der Waals surface area contributed by atoms with Crippen LogP contribution < -0.4 is 5.32 Å². The number of likely N-dealkylation sites (N-methyl/N-ethyl adjacent to an activating group) is 1. The Morgan fingerprint density at radius 2 is 2.04 bits per heavy atom. The van der Waals surface area contributed by atoms with Gasteiger partial charge in [0.15, 0.2) is 5.69 Å². The van der Waals surface area contributed by atoms with Gasteiger partial charge in [0.1, 0.15) is 6.26 Å². The van der Waals surface area contributed by atoms with Gasteiger partial charge >= 0.3 is 0 Å². The largest absolute Gasteiger partial charge is 0.364 e. The number of likely N-dealkylation sites (tertiary alicyclic amines) is 1. The van der Waals surface area contributed by atoms with Gasteiger partial charge in [-0.15, -0.1) is 0 Å². The van der Waals surface area contributed by atoms with Crippen molar-refractivity contribution in [3.05, 3.63) is 18.0 Å². The molecule has 2 atom stereocenters. The van der Waals surface area contributed by atoms with Crippen LogP contribution in [0.25, 0.3) is 0 Å². The summed E-state index contributed by atoms with van der Waals surface area (Å²) in [5, 5.41) is 6.72. The molecule has 0 radical (unpaired) electrons. The minimum atomic E-state index is -0.236. The second-order valence-electron chi connectivity index (χ2n) is 7.42. The van der Waals surface area contributed by atoms with Gasteiger partial charge in [-0.1, -0.05) is 18.0 Å². The van der Waals surface area contributed by atoms with E-state index in [2.05, 4.69) is 15.4 Å². The SMILES string of the molecule is CCN(CC)C(=O)[C@@H]1C[C@@H](NC(=O)c2ccon2)CN1CC1CCCC1. The molecule has 0 unspecified atom stereocenters. The van der Waals surface area contributed by atoms with Crippen molar-refractivity contribution < 1.29 is 14.1 Å². The normalized spacial score (nSPS) is 24.1. The molecule has 26 heavy (non-hydrogen) atoms. The fourth-order valence-corrected chi connectivity index (χ4v) is 4.33. The maximum Gasteiger partial charge on any atom is 0.273 e. The summed E-state index contributed by atoms with van der Waals surface area (Å²) >= 11 is 0. The third-order valence-electron chi connectivity index (χ3n) is 5.74. The van der Waals surface area contributed by atoms with E-state index in [0.717, 1.165) is 26.2 Å². The molecular weight excluding hydrogens is 332 g/mol. The highest BCUT2D eigenvalue weighted by atomic mass is 16.5. The van der Waals surface area contributed by atoms with Gasteiger partial charge in [0.05, 0.1) is 6.04 Å². The first-order chi connectivity index (χ1) is 12.6. The van der Waals surface area contributed by atoms with E-state index < -0.39 is 0 Å². The molecule has 2 heterocycles. The Morgan fingerprint density at radius 1 is 1.31 bits per heavy atom. The molecule has 1 N–H and O–H groups in total. The first-order valence-corrected chi connectivity index (χ1v) is 9.86. The highest BCUT2D eigenvalue weighted by Crippen LogP contribution is 2.29. The van der Waals surface area contributed by atoms with E-state index in [4.69, 9.17) is 4.52 Å². The number of amides is 2. The van der Waals surface area contributed by atoms with Gasteiger partial charge in [-0.3, -0.25) is 14.5 Å². The van der Waals surface area contributed by atoms with Crippen LogP contribution in [0.3, 0.4) is 0 Å². The van der Waals surface area contributed by atoms with Crippen molar-refractivity contribution in [2.75, 3.05) is 26.2 Å². The second-order valence-corrected chi connectivity index (χ2v) is 7.42. The Hall–Kier alpha value is -1.89. The average Bonchev–Trinajstić information content (AvgIpc) is 3.38. The van der Waals surface area contributed by atoms with Crippen LogP contribution in [-0.4, -0.2) is 65.0 Å². The molecule has 1 saturated heterocycles. The molecule has 1 saturated carbocycles. The van der Waals surface area contributed by atoms with Crippen LogP contribution in [0.2, 0.25) is 0 Å². The molecule has 144 valence electrons. The van der Waals surface area contributed by atoms with Crippen molar-refractivity contribution >= 4 is 11.8 Å². The van der Waals surface area contributed by atoms with Crippen LogP contribution in [0.5, 0.6) is 0 Å². The summed E-state index contributed by atoms with van der Waals surface area (Å²) < 4.78 is 4.75. The summed E-state index contributed by atoms with van der Waals surface area (Å²) in [6, 6.07) is 1.38. The summed E-state index contributed by atoms with van der Waals surface area (Å²) in [7, 11) is 0. The molecule has 3 rings (SSSR count). The standard InChI is InChI=1S/C19H30N4O3/c1-3-22(4-2)19(25)17-11-15(20-18(24)16-9-10-26-21-16)13-23(17)12-14-7-5-6-8-14/h9-10,14-15,17H,3-8,11-13H2,1-2H3,(H,20,24)/t15-,17+/m1/s1. The zero-order valence-corrected chi connectivity index (χ0v) is 15.8. The second kappa shape index (κ2) is 8.66. The van der Waals surface area contributed by atoms with Crippen LogP contribution in [0.15, 0.2) is 16.9 Å². The summed E-state index contributed by atoms with van der Waals surface area (Å²) in [6.45, 7) is 7.15. The monoisotopic (exact) mass is 362 g/mol. The molecule has 7 heteroatoms. The lowest BCUT2D eigenvalue weighted by molar-refractivity contribution is -0.135. The number of carbonyl (C=O) groups excluding carboxylic acids is 2. The highest BCUT2D eigenvalue weighted by Gasteiger charge is 2.40. The number of aromatic nitrogens is 1. The minimum absolute atomic E-state index is 0.0369. The summed E-state index contributed by atoms with van der Waals surface area (Å²) in [5.41, 5.74) is 0.283. The Kier molecular flexibility index (Phi) is 6.29. The maximum absolute atomic E-state index is 13.0. The lowest BCUT2D eigenvalue weighted by atomic mass is 10.1. The smallest absolute Gasteiger partial charge is 0.273 e. The third-order valence-corrected chi connectivity index (χ3v) is 5.74. The summed E-state index contributed by atoms with van der Waals surface area (Å²) in [5.74, 6) is 0.624. The van der Waals surface area contributed by atoms with Gasteiger partial charge in [0.2, 0.25) is 5.91 Å². The lowest BCUT2D eigenvalue weighted by Gasteiger charge is -2.30. The van der Waals surface area contributed by atoms with Crippen LogP contribution in [0.4, 0.5) is 0 Å². The predicted octanol–water partition coefficient (Wildman–Crippen LogP) is 1.91. The molecular formula is C19H30N4O3. The first-order valence-electron chi connectivity index (χ1n) is 9.86. The molecule has 2 aliphatic rings. The number of hydrogen-bond acceptors (Lipinski definition) is 5. The fourth-order valence-electron chi connectivity index (χ4n) is 4.33. The van der Waals surface area contributed by atoms with E-state index in [1.807, 2.05) is 18.7 Å². The Morgan fingerprint density at radius 3 is 2.65 bits per heavy atom. The Balaban J connectivity index is 1.67. The zero-order chi connectivity index (χ0) is 18.5. The van der Waals surface area contributed by atoms with Crippen molar-refractivity contribution in [1.82, 2.24) is 20.3 Å². The fraction of sp³-hybridized carbons (Fsp3) is 0.737. The van der Waals surface area contributed by atoms with Crippen LogP contribution in [0.1, 0.15) is 56.4 Å². The first kappa shape index (κ1) is 18.9. The number of hydrogen-bond donors (Lipinski definition) is 1. The van der Waals surface area contributed by atoms with E-state index in [1.54, 1.807) is 6.07 Å². The molecule has 2 amide bonds. The number of nitrogens with one attached hydrogen (secondary N) is 1. The van der Waals surface area contributed by atoms with Crippen molar-refractivity contribution in [3.63, 3.8) is 0 Å². The van der Waals surface area contributed by atoms with Crippen LogP contribution in [0, 0.1) is 5.92 Å². The summed E-state index contributed by atoms with van der Waals surface area (Å²) in [4.78, 5) is 29.5. The van der Waals surface area contributed by atoms with Crippen molar-refractivity contribution in [2.45, 2.75) is 58.0 Å². The molecule has 1 aliphatic carbocycles. The number of rotatable bonds is 7. The summed E-state index contributed by atoms with van der Waals surface area (Å²) in [6.07, 6.45) is 7.13. The van der Waals surface area contributed by atoms with E-state index in [1.165, 1.54) is 31.9 Å². The van der Waals surface area contributed by atoms with E-state index in [0.29, 0.717) is 12.3 Å². The Bertz CT molecular complexity index is 594. The van der Waals surface area contributed by atoms with Gasteiger partial charge in [0.25, 0.3) is 5.91 Å². The van der Waals surface area contributed by atoms with Crippen LogP contribution >= 0.6 is 0 Å². The minimum Gasteiger partial charge on any atom is -0.364 e. The topological polar surface area (TPSA) is 78.7 Å². The van der Waals surface area contributed by atoms with Gasteiger partial charge in [-0.05, 0) is 39.0 Å². The molecule has 1 aromatic rings. The average molecular weight is 362 g/mol. The zero-order valence-electron chi connectivity index (χ0n) is 15.8. The van der Waals surface area contributed by atoms with Crippen molar-refractivity contribution in [1.29, 1.82) is 0 Å². The van der Waals surface area contributed by atoms with E-state index >= 15 is 0 Å². The molecule has 1 aromatic heterocycles. The number of nitrogens with zero attached hydrogens (tertiary/aromatic N) is 3. The van der Waals surface area contributed by atoms with Gasteiger partial charge in [-0.25, -0.2) is 0 Å². The van der Waals surface area contributed by atoms with E-state index in [-0.39, 0.29) is 29.6 Å². The van der Waals surface area contributed by atoms with Crippen molar-refractivity contribution in [3.8, 4) is 0 Å². The maximum atomic E-state index is 13.0. The molecule has 2 fully saturated rings. The highest BCUT2D eigenvalue weighted by molar-refractivity contribution is 5.92. The molecule has 1 aliphatic heterocycles. The quantitative estimate of drug-likeness (QED) is 0.801. The van der Waals surface area contributed by atoms with Crippen LogP contribution in [-0.2, 0) is 4.79 Å². The van der Waals surface area contributed by atoms with Gasteiger partial charge < -0.3 is 14.7 Å².